The van der Waals surface area contributed by atoms with E-state index in [2.05, 4.69) is 156 Å². The molecule has 2 aliphatic heterocycles. The van der Waals surface area contributed by atoms with Crippen LogP contribution in [0.2, 0.25) is 0 Å². The molecular weight excluding hydrogens is 625 g/mol. The number of nitrogens with one attached hydrogen (secondary N) is 2. The minimum atomic E-state index is 0.0967. The zero-order valence-corrected chi connectivity index (χ0v) is 27.8. The van der Waals surface area contributed by atoms with Crippen molar-refractivity contribution in [2.45, 2.75) is 6.42 Å². The fourth-order valence-corrected chi connectivity index (χ4v) is 7.20. The Balaban J connectivity index is 1.46. The summed E-state index contributed by atoms with van der Waals surface area (Å²) in [5, 5.41) is 9.75. The van der Waals surface area contributed by atoms with Crippen molar-refractivity contribution in [2.75, 3.05) is 6.61 Å². The molecule has 244 valence electrons. The van der Waals surface area contributed by atoms with Gasteiger partial charge in [0.25, 0.3) is 0 Å². The van der Waals surface area contributed by atoms with E-state index in [-0.39, 0.29) is 6.61 Å². The highest BCUT2D eigenvalue weighted by Gasteiger charge is 2.19. The lowest BCUT2D eigenvalue weighted by Crippen LogP contribution is -1.91. The van der Waals surface area contributed by atoms with E-state index in [1.165, 1.54) is 0 Å². The molecule has 0 saturated carbocycles. The van der Waals surface area contributed by atoms with Crippen LogP contribution in [0.1, 0.15) is 28.3 Å². The average molecular weight is 659 g/mol. The molecule has 0 saturated heterocycles. The second kappa shape index (κ2) is 13.0. The van der Waals surface area contributed by atoms with Gasteiger partial charge in [-0.1, -0.05) is 115 Å². The Kier molecular flexibility index (Phi) is 7.80. The summed E-state index contributed by atoms with van der Waals surface area (Å²) >= 11 is 0. The van der Waals surface area contributed by atoms with Crippen molar-refractivity contribution in [2.24, 2.45) is 0 Å². The van der Waals surface area contributed by atoms with E-state index in [1.807, 2.05) is 18.2 Å². The Hall–Kier alpha value is -6.56. The van der Waals surface area contributed by atoms with Crippen molar-refractivity contribution in [3.8, 4) is 44.5 Å². The third-order valence-electron chi connectivity index (χ3n) is 9.51. The maximum Gasteiger partial charge on any atom is 0.0737 e. The fraction of sp³-hybridized carbons (Fsp3) is 0.0435. The Bertz CT molecular complexity index is 2630. The van der Waals surface area contributed by atoms with Gasteiger partial charge in [-0.3, -0.25) is 0 Å². The first-order valence-electron chi connectivity index (χ1n) is 17.3. The third kappa shape index (κ3) is 5.80. The Morgan fingerprint density at radius 2 is 1.02 bits per heavy atom. The minimum absolute atomic E-state index is 0.0967. The molecule has 0 fully saturated rings. The molecule has 51 heavy (non-hydrogen) atoms. The smallest absolute Gasteiger partial charge is 0.0737 e. The quantitative estimate of drug-likeness (QED) is 0.166. The number of aliphatic hydroxyl groups is 1. The second-order valence-electron chi connectivity index (χ2n) is 12.8. The zero-order chi connectivity index (χ0) is 34.1. The molecule has 0 unspecified atom stereocenters. The second-order valence-corrected chi connectivity index (χ2v) is 12.8. The van der Waals surface area contributed by atoms with Gasteiger partial charge in [-0.05, 0) is 82.8 Å². The van der Waals surface area contributed by atoms with E-state index in [0.717, 1.165) is 94.9 Å². The van der Waals surface area contributed by atoms with Gasteiger partial charge in [-0.2, -0.15) is 0 Å². The summed E-state index contributed by atoms with van der Waals surface area (Å²) in [5.74, 6) is 0. The topological polar surface area (TPSA) is 77.6 Å². The number of nitrogens with zero attached hydrogens (tertiary/aromatic N) is 2. The molecule has 3 aromatic heterocycles. The highest BCUT2D eigenvalue weighted by molar-refractivity contribution is 6.01. The maximum atomic E-state index is 9.75. The van der Waals surface area contributed by atoms with Crippen LogP contribution in [-0.2, 0) is 6.42 Å². The van der Waals surface area contributed by atoms with Crippen molar-refractivity contribution in [3.05, 3.63) is 168 Å². The standard InChI is InChI=1S/C46H34N4O/c51-26-25-30-11-10-18-34(27-30)37-29-36-28-35-19-20-38(47-35)43(31-12-4-1-5-13-31)39-21-22-40(49-39)44(32-14-6-2-7-15-32)41-23-24-42(50-41)45(46(37)48-36)33-16-8-3-9-17-33/h1-24,27-29,48-49,51H,25-26H2. The number of H-pyrrole nitrogens is 2. The van der Waals surface area contributed by atoms with E-state index in [0.29, 0.717) is 6.42 Å². The van der Waals surface area contributed by atoms with Crippen LogP contribution in [0.3, 0.4) is 0 Å². The maximum absolute atomic E-state index is 9.75. The van der Waals surface area contributed by atoms with Crippen molar-refractivity contribution < 1.29 is 5.11 Å². The number of benzene rings is 4. The first-order valence-corrected chi connectivity index (χ1v) is 17.3. The van der Waals surface area contributed by atoms with Gasteiger partial charge < -0.3 is 15.1 Å². The number of fused-ring (bicyclic) bond motifs is 8. The summed E-state index contributed by atoms with van der Waals surface area (Å²) in [6, 6.07) is 48.4. The van der Waals surface area contributed by atoms with E-state index in [1.54, 1.807) is 0 Å². The van der Waals surface area contributed by atoms with Gasteiger partial charge in [0, 0.05) is 45.4 Å². The molecule has 5 heterocycles. The molecule has 0 amide bonds. The number of aromatic nitrogens is 4. The predicted octanol–water partition coefficient (Wildman–Crippen LogP) is 10.9. The fourth-order valence-electron chi connectivity index (χ4n) is 7.20. The predicted molar refractivity (Wildman–Crippen MR) is 211 cm³/mol. The first kappa shape index (κ1) is 30.5. The van der Waals surface area contributed by atoms with E-state index >= 15 is 0 Å². The Morgan fingerprint density at radius 1 is 0.471 bits per heavy atom. The molecule has 5 heteroatoms. The van der Waals surface area contributed by atoms with Crippen molar-refractivity contribution >= 4 is 46.4 Å². The molecule has 9 rings (SSSR count). The van der Waals surface area contributed by atoms with Crippen LogP contribution in [0.5, 0.6) is 0 Å². The van der Waals surface area contributed by atoms with Gasteiger partial charge in [0.1, 0.15) is 0 Å². The molecule has 0 aliphatic carbocycles. The monoisotopic (exact) mass is 658 g/mol. The van der Waals surface area contributed by atoms with Gasteiger partial charge in [0.05, 0.1) is 28.3 Å². The summed E-state index contributed by atoms with van der Waals surface area (Å²) in [6.45, 7) is 0.0967. The van der Waals surface area contributed by atoms with Crippen LogP contribution in [0.4, 0.5) is 0 Å². The van der Waals surface area contributed by atoms with Crippen LogP contribution in [-0.4, -0.2) is 31.6 Å². The zero-order valence-electron chi connectivity index (χ0n) is 27.8. The molecule has 7 aromatic rings. The summed E-state index contributed by atoms with van der Waals surface area (Å²) in [5.41, 5.74) is 16.8. The van der Waals surface area contributed by atoms with E-state index < -0.39 is 0 Å². The van der Waals surface area contributed by atoms with Gasteiger partial charge in [-0.15, -0.1) is 0 Å². The Morgan fingerprint density at radius 3 is 1.65 bits per heavy atom. The lowest BCUT2D eigenvalue weighted by Gasteiger charge is -2.08. The van der Waals surface area contributed by atoms with Gasteiger partial charge >= 0.3 is 0 Å². The molecule has 0 spiro atoms. The number of aliphatic hydroxyl groups excluding tert-OH is 1. The normalized spacial score (nSPS) is 12.0. The largest absolute Gasteiger partial charge is 0.396 e. The third-order valence-corrected chi connectivity index (χ3v) is 9.51. The minimum Gasteiger partial charge on any atom is -0.396 e. The molecular formula is C46H34N4O. The number of rotatable bonds is 6. The van der Waals surface area contributed by atoms with Crippen LogP contribution >= 0.6 is 0 Å². The molecule has 8 bridgehead atoms. The van der Waals surface area contributed by atoms with Crippen LogP contribution in [0, 0.1) is 0 Å². The van der Waals surface area contributed by atoms with E-state index in [9.17, 15) is 5.11 Å². The average Bonchev–Trinajstić information content (AvgIpc) is 4.00. The van der Waals surface area contributed by atoms with Crippen LogP contribution in [0.25, 0.3) is 90.9 Å². The van der Waals surface area contributed by atoms with Crippen molar-refractivity contribution in [3.63, 3.8) is 0 Å². The lowest BCUT2D eigenvalue weighted by molar-refractivity contribution is 0.299. The molecule has 0 radical (unpaired) electrons. The van der Waals surface area contributed by atoms with E-state index in [4.69, 9.17) is 9.97 Å². The molecule has 4 aromatic carbocycles. The van der Waals surface area contributed by atoms with Gasteiger partial charge in [0.2, 0.25) is 0 Å². The molecule has 3 N–H and O–H groups in total. The lowest BCUT2D eigenvalue weighted by atomic mass is 9.97. The van der Waals surface area contributed by atoms with Gasteiger partial charge in [-0.25, -0.2) is 9.97 Å². The van der Waals surface area contributed by atoms with Crippen molar-refractivity contribution in [1.82, 2.24) is 19.9 Å². The highest BCUT2D eigenvalue weighted by atomic mass is 16.2. The van der Waals surface area contributed by atoms with Gasteiger partial charge in [0.15, 0.2) is 0 Å². The summed E-state index contributed by atoms with van der Waals surface area (Å²) < 4.78 is 0. The number of hydrogen-bond acceptors (Lipinski definition) is 3. The molecule has 2 aliphatic rings. The SMILES string of the molecule is OCCc1cccc(-c2cc3cc4nc(c(-c5ccccc5)c5ccc([nH]5)c(-c5ccccc5)c5nc(c(-c6ccccc6)c2[nH]3)C=C5)C=C4)c1. The summed E-state index contributed by atoms with van der Waals surface area (Å²) in [6.07, 6.45) is 9.03. The Labute approximate surface area is 296 Å². The number of hydrogen-bond donors (Lipinski definition) is 3. The highest BCUT2D eigenvalue weighted by Crippen LogP contribution is 2.39. The summed E-state index contributed by atoms with van der Waals surface area (Å²) in [7, 11) is 0. The number of aromatic amines is 2. The van der Waals surface area contributed by atoms with Crippen molar-refractivity contribution in [1.29, 1.82) is 0 Å². The molecule has 5 nitrogen and oxygen atoms in total. The summed E-state index contributed by atoms with van der Waals surface area (Å²) in [4.78, 5) is 18.2. The van der Waals surface area contributed by atoms with Crippen LogP contribution < -0.4 is 0 Å². The first-order chi connectivity index (χ1) is 25.2. The van der Waals surface area contributed by atoms with Crippen LogP contribution in [0.15, 0.2) is 140 Å². The molecule has 0 atom stereocenters.